The summed E-state index contributed by atoms with van der Waals surface area (Å²) in [5.74, 6) is -0.595. The van der Waals surface area contributed by atoms with Gasteiger partial charge in [-0.25, -0.2) is 4.79 Å². The molecule has 0 aliphatic heterocycles. The van der Waals surface area contributed by atoms with Crippen LogP contribution in [0.5, 0.6) is 0 Å². The van der Waals surface area contributed by atoms with Crippen LogP contribution in [-0.4, -0.2) is 11.1 Å². The van der Waals surface area contributed by atoms with Gasteiger partial charge in [0.1, 0.15) is 5.76 Å². The molecule has 6 heteroatoms. The monoisotopic (exact) mass is 327 g/mol. The average molecular weight is 328 g/mol. The van der Waals surface area contributed by atoms with Gasteiger partial charge in [0.05, 0.1) is 6.04 Å². The third-order valence-corrected chi connectivity index (χ3v) is 3.76. The molecular weight excluding hydrogens is 313 g/mol. The second-order valence-corrected chi connectivity index (χ2v) is 5.63. The molecule has 2 aromatic rings. The molecule has 0 fully saturated rings. The fourth-order valence-corrected chi connectivity index (χ4v) is 2.67. The van der Waals surface area contributed by atoms with E-state index in [9.17, 15) is 4.79 Å². The molecule has 4 nitrogen and oxygen atoms in total. The van der Waals surface area contributed by atoms with Crippen molar-refractivity contribution in [2.75, 3.05) is 0 Å². The molecule has 0 saturated carbocycles. The van der Waals surface area contributed by atoms with E-state index in [0.717, 1.165) is 5.56 Å². The Morgan fingerprint density at radius 2 is 1.90 bits per heavy atom. The van der Waals surface area contributed by atoms with Crippen LogP contribution >= 0.6 is 23.2 Å². The molecule has 2 N–H and O–H groups in total. The van der Waals surface area contributed by atoms with Gasteiger partial charge in [0.2, 0.25) is 5.76 Å². The van der Waals surface area contributed by atoms with Crippen LogP contribution < -0.4 is 5.32 Å². The Hall–Kier alpha value is -1.49. The highest BCUT2D eigenvalue weighted by Crippen LogP contribution is 2.28. The molecule has 1 aromatic carbocycles. The van der Waals surface area contributed by atoms with Crippen LogP contribution in [0, 0.1) is 0 Å². The molecule has 2 atom stereocenters. The number of aromatic carboxylic acids is 1. The minimum Gasteiger partial charge on any atom is -0.475 e. The highest BCUT2D eigenvalue weighted by molar-refractivity contribution is 6.35. The molecule has 0 aliphatic carbocycles. The number of carboxylic acids is 1. The summed E-state index contributed by atoms with van der Waals surface area (Å²) in [4.78, 5) is 10.8. The van der Waals surface area contributed by atoms with Crippen LogP contribution in [0.25, 0.3) is 0 Å². The number of hydrogen-bond donors (Lipinski definition) is 2. The van der Waals surface area contributed by atoms with Crippen molar-refractivity contribution in [2.24, 2.45) is 0 Å². The molecule has 0 amide bonds. The van der Waals surface area contributed by atoms with E-state index in [4.69, 9.17) is 32.7 Å². The Labute approximate surface area is 132 Å². The minimum absolute atomic E-state index is 0.0388. The number of nitrogens with one attached hydrogen (secondary N) is 1. The minimum atomic E-state index is -1.08. The van der Waals surface area contributed by atoms with Gasteiger partial charge in [-0.1, -0.05) is 29.3 Å². The molecular formula is C15H15Cl2NO3. The number of rotatable bonds is 5. The Morgan fingerprint density at radius 3 is 2.48 bits per heavy atom. The van der Waals surface area contributed by atoms with Gasteiger partial charge >= 0.3 is 5.97 Å². The summed E-state index contributed by atoms with van der Waals surface area (Å²) in [5, 5.41) is 13.3. The second-order valence-electron chi connectivity index (χ2n) is 4.78. The van der Waals surface area contributed by atoms with Crippen LogP contribution in [0.15, 0.2) is 34.7 Å². The quantitative estimate of drug-likeness (QED) is 0.835. The largest absolute Gasteiger partial charge is 0.475 e. The number of benzene rings is 1. The molecule has 21 heavy (non-hydrogen) atoms. The second kappa shape index (κ2) is 6.52. The SMILES string of the molecule is CC(NC(C)c1ccc(Cl)cc1Cl)c1ccc(C(=O)O)o1. The number of carbonyl (C=O) groups is 1. The van der Waals surface area contributed by atoms with E-state index in [-0.39, 0.29) is 17.8 Å². The van der Waals surface area contributed by atoms with Gasteiger partial charge < -0.3 is 14.8 Å². The lowest BCUT2D eigenvalue weighted by molar-refractivity contribution is 0.0659. The van der Waals surface area contributed by atoms with E-state index in [2.05, 4.69) is 5.32 Å². The van der Waals surface area contributed by atoms with Gasteiger partial charge in [0.15, 0.2) is 0 Å². The van der Waals surface area contributed by atoms with Gasteiger partial charge in [-0.15, -0.1) is 0 Å². The molecule has 2 unspecified atom stereocenters. The molecule has 1 heterocycles. The van der Waals surface area contributed by atoms with E-state index in [0.29, 0.717) is 15.8 Å². The Balaban J connectivity index is 2.10. The number of halogens is 2. The van der Waals surface area contributed by atoms with Gasteiger partial charge in [0.25, 0.3) is 0 Å². The maximum absolute atomic E-state index is 10.8. The van der Waals surface area contributed by atoms with E-state index >= 15 is 0 Å². The van der Waals surface area contributed by atoms with E-state index in [1.165, 1.54) is 6.07 Å². The molecule has 0 saturated heterocycles. The predicted molar refractivity (Wildman–Crippen MR) is 82.1 cm³/mol. The van der Waals surface area contributed by atoms with Gasteiger partial charge in [-0.3, -0.25) is 0 Å². The molecule has 0 aliphatic rings. The number of hydrogen-bond acceptors (Lipinski definition) is 3. The standard InChI is InChI=1S/C15H15Cl2NO3/c1-8(11-4-3-10(16)7-12(11)17)18-9(2)13-5-6-14(21-13)15(19)20/h3-9,18H,1-2H3,(H,19,20). The molecule has 0 spiro atoms. The Bertz CT molecular complexity index is 654. The first-order chi connectivity index (χ1) is 9.88. The zero-order chi connectivity index (χ0) is 15.6. The topological polar surface area (TPSA) is 62.5 Å². The summed E-state index contributed by atoms with van der Waals surface area (Å²) in [6.07, 6.45) is 0. The van der Waals surface area contributed by atoms with Crippen LogP contribution in [-0.2, 0) is 0 Å². The number of carboxylic acid groups (broad SMARTS) is 1. The summed E-state index contributed by atoms with van der Waals surface area (Å²) < 4.78 is 5.28. The van der Waals surface area contributed by atoms with Gasteiger partial charge in [-0.2, -0.15) is 0 Å². The molecule has 1 aromatic heterocycles. The average Bonchev–Trinajstić information content (AvgIpc) is 2.88. The predicted octanol–water partition coefficient (Wildman–Crippen LogP) is 4.70. The Morgan fingerprint density at radius 1 is 1.19 bits per heavy atom. The lowest BCUT2D eigenvalue weighted by atomic mass is 10.1. The van der Waals surface area contributed by atoms with Crippen LogP contribution in [0.2, 0.25) is 10.0 Å². The fourth-order valence-electron chi connectivity index (χ4n) is 2.10. The Kier molecular flexibility index (Phi) is 4.93. The highest BCUT2D eigenvalue weighted by atomic mass is 35.5. The first-order valence-corrected chi connectivity index (χ1v) is 7.18. The van der Waals surface area contributed by atoms with Crippen molar-refractivity contribution in [1.82, 2.24) is 5.32 Å². The fraction of sp³-hybridized carbons (Fsp3) is 0.267. The van der Waals surface area contributed by atoms with Crippen LogP contribution in [0.1, 0.15) is 47.8 Å². The van der Waals surface area contributed by atoms with E-state index in [1.54, 1.807) is 18.2 Å². The van der Waals surface area contributed by atoms with E-state index in [1.807, 2.05) is 19.9 Å². The molecule has 2 rings (SSSR count). The third kappa shape index (κ3) is 3.79. The lowest BCUT2D eigenvalue weighted by Gasteiger charge is -2.20. The summed E-state index contributed by atoms with van der Waals surface area (Å²) in [6.45, 7) is 3.86. The molecule has 112 valence electrons. The lowest BCUT2D eigenvalue weighted by Crippen LogP contribution is -2.22. The normalized spacial score (nSPS) is 13.9. The van der Waals surface area contributed by atoms with Gasteiger partial charge in [-0.05, 0) is 43.7 Å². The molecule has 0 bridgehead atoms. The van der Waals surface area contributed by atoms with Crippen molar-refractivity contribution in [3.05, 3.63) is 57.5 Å². The highest BCUT2D eigenvalue weighted by Gasteiger charge is 2.18. The van der Waals surface area contributed by atoms with Crippen molar-refractivity contribution >= 4 is 29.2 Å². The number of furan rings is 1. The van der Waals surface area contributed by atoms with Crippen molar-refractivity contribution in [3.8, 4) is 0 Å². The first-order valence-electron chi connectivity index (χ1n) is 6.42. The smallest absolute Gasteiger partial charge is 0.371 e. The molecule has 0 radical (unpaired) electrons. The van der Waals surface area contributed by atoms with Crippen molar-refractivity contribution in [3.63, 3.8) is 0 Å². The van der Waals surface area contributed by atoms with Crippen molar-refractivity contribution in [2.45, 2.75) is 25.9 Å². The summed E-state index contributed by atoms with van der Waals surface area (Å²) >= 11 is 12.1. The third-order valence-electron chi connectivity index (χ3n) is 3.19. The maximum atomic E-state index is 10.8. The zero-order valence-electron chi connectivity index (χ0n) is 11.6. The van der Waals surface area contributed by atoms with E-state index < -0.39 is 5.97 Å². The summed E-state index contributed by atoms with van der Waals surface area (Å²) in [6, 6.07) is 8.23. The van der Waals surface area contributed by atoms with Crippen molar-refractivity contribution < 1.29 is 14.3 Å². The maximum Gasteiger partial charge on any atom is 0.371 e. The summed E-state index contributed by atoms with van der Waals surface area (Å²) in [5.41, 5.74) is 0.915. The van der Waals surface area contributed by atoms with Crippen molar-refractivity contribution in [1.29, 1.82) is 0 Å². The zero-order valence-corrected chi connectivity index (χ0v) is 13.1. The van der Waals surface area contributed by atoms with Gasteiger partial charge in [0, 0.05) is 16.1 Å². The van der Waals surface area contributed by atoms with Crippen LogP contribution in [0.4, 0.5) is 0 Å². The first kappa shape index (κ1) is 15.9. The summed E-state index contributed by atoms with van der Waals surface area (Å²) in [7, 11) is 0. The van der Waals surface area contributed by atoms with Crippen LogP contribution in [0.3, 0.4) is 0 Å².